The van der Waals surface area contributed by atoms with Crippen molar-refractivity contribution in [1.29, 1.82) is 0 Å². The van der Waals surface area contributed by atoms with Gasteiger partial charge < -0.3 is 5.11 Å². The van der Waals surface area contributed by atoms with E-state index in [1.165, 1.54) is 51.4 Å². The number of benzene rings is 1. The topological polar surface area (TPSA) is 20.2 Å². The van der Waals surface area contributed by atoms with Gasteiger partial charge in [-0.05, 0) is 30.2 Å². The van der Waals surface area contributed by atoms with E-state index < -0.39 is 5.60 Å². The first-order chi connectivity index (χ1) is 11.4. The van der Waals surface area contributed by atoms with Crippen LogP contribution in [0.25, 0.3) is 0 Å². The Morgan fingerprint density at radius 2 is 1.25 bits per heavy atom. The molecule has 1 N–H and O–H groups in total. The molecule has 0 radical (unpaired) electrons. The summed E-state index contributed by atoms with van der Waals surface area (Å²) in [4.78, 5) is 0. The molecule has 1 heteroatoms. The van der Waals surface area contributed by atoms with E-state index in [0.717, 1.165) is 18.4 Å². The van der Waals surface area contributed by atoms with E-state index in [0.29, 0.717) is 5.41 Å². The van der Waals surface area contributed by atoms with Gasteiger partial charge in [0.25, 0.3) is 0 Å². The predicted molar refractivity (Wildman–Crippen MR) is 106 cm³/mol. The molecule has 136 valence electrons. The molecule has 1 unspecified atom stereocenters. The van der Waals surface area contributed by atoms with Gasteiger partial charge in [-0.1, -0.05) is 109 Å². The summed E-state index contributed by atoms with van der Waals surface area (Å²) in [6, 6.07) is 9.90. The molecule has 0 amide bonds. The number of unbranched alkanes of at least 4 members (excludes halogenated alkanes) is 7. The smallest absolute Gasteiger partial charge is 0.107 e. The van der Waals surface area contributed by atoms with Gasteiger partial charge in [-0.15, -0.1) is 0 Å². The fourth-order valence-corrected chi connectivity index (χ4v) is 3.20. The van der Waals surface area contributed by atoms with Crippen LogP contribution in [0.1, 0.15) is 90.5 Å². The molecule has 0 heterocycles. The molecule has 0 bridgehead atoms. The van der Waals surface area contributed by atoms with E-state index in [2.05, 4.69) is 27.4 Å². The second kappa shape index (κ2) is 10.7. The SMILES string of the molecule is C=CC(O)(CCCCCCCCCCC(C)(C)C)c1ccccc1. The lowest BCUT2D eigenvalue weighted by molar-refractivity contribution is 0.0767. The van der Waals surface area contributed by atoms with Crippen LogP contribution in [0.3, 0.4) is 0 Å². The molecule has 1 aromatic rings. The Morgan fingerprint density at radius 3 is 1.71 bits per heavy atom. The molecule has 0 saturated carbocycles. The standard InChI is InChI=1S/C23H38O/c1-5-23(24,21-17-13-12-14-18-21)20-16-11-9-7-6-8-10-15-19-22(2,3)4/h5,12-14,17-18,24H,1,6-11,15-16,19-20H2,2-4H3. The van der Waals surface area contributed by atoms with Crippen molar-refractivity contribution in [3.05, 3.63) is 48.6 Å². The summed E-state index contributed by atoms with van der Waals surface area (Å²) in [5.41, 5.74) is 0.577. The summed E-state index contributed by atoms with van der Waals surface area (Å²) in [5, 5.41) is 10.7. The van der Waals surface area contributed by atoms with Crippen molar-refractivity contribution in [1.82, 2.24) is 0 Å². The van der Waals surface area contributed by atoms with Crippen LogP contribution >= 0.6 is 0 Å². The minimum absolute atomic E-state index is 0.487. The zero-order valence-electron chi connectivity index (χ0n) is 16.2. The molecular weight excluding hydrogens is 292 g/mol. The minimum atomic E-state index is -0.867. The van der Waals surface area contributed by atoms with Crippen molar-refractivity contribution < 1.29 is 5.11 Å². The second-order valence-electron chi connectivity index (χ2n) is 8.38. The Hall–Kier alpha value is -1.08. The van der Waals surface area contributed by atoms with E-state index >= 15 is 0 Å². The van der Waals surface area contributed by atoms with Crippen LogP contribution in [0, 0.1) is 5.41 Å². The summed E-state index contributed by atoms with van der Waals surface area (Å²) >= 11 is 0. The van der Waals surface area contributed by atoms with Gasteiger partial charge in [-0.2, -0.15) is 0 Å². The number of aliphatic hydroxyl groups is 1. The third-order valence-electron chi connectivity index (χ3n) is 4.85. The molecule has 1 rings (SSSR count). The summed E-state index contributed by atoms with van der Waals surface area (Å²) in [5.74, 6) is 0. The van der Waals surface area contributed by atoms with E-state index in [-0.39, 0.29) is 0 Å². The Kier molecular flexibility index (Phi) is 9.36. The van der Waals surface area contributed by atoms with Crippen molar-refractivity contribution in [2.24, 2.45) is 5.41 Å². The molecular formula is C23H38O. The van der Waals surface area contributed by atoms with Gasteiger partial charge in [0.05, 0.1) is 0 Å². The van der Waals surface area contributed by atoms with E-state index in [1.54, 1.807) is 6.08 Å². The zero-order chi connectivity index (χ0) is 17.9. The second-order valence-corrected chi connectivity index (χ2v) is 8.38. The highest BCUT2D eigenvalue weighted by Gasteiger charge is 2.24. The van der Waals surface area contributed by atoms with Gasteiger partial charge in [-0.3, -0.25) is 0 Å². The lowest BCUT2D eigenvalue weighted by Crippen LogP contribution is -2.22. The molecule has 0 fully saturated rings. The molecule has 0 aliphatic carbocycles. The maximum atomic E-state index is 10.7. The Balaban J connectivity index is 2.08. The van der Waals surface area contributed by atoms with E-state index in [4.69, 9.17) is 0 Å². The molecule has 0 aromatic heterocycles. The number of hydrogen-bond donors (Lipinski definition) is 1. The molecule has 0 aliphatic rings. The summed E-state index contributed by atoms with van der Waals surface area (Å²) in [7, 11) is 0. The van der Waals surface area contributed by atoms with Crippen LogP contribution in [0.2, 0.25) is 0 Å². The Labute approximate surface area is 150 Å². The molecule has 1 nitrogen and oxygen atoms in total. The highest BCUT2D eigenvalue weighted by atomic mass is 16.3. The fraction of sp³-hybridized carbons (Fsp3) is 0.652. The van der Waals surface area contributed by atoms with Gasteiger partial charge in [0.1, 0.15) is 5.60 Å². The van der Waals surface area contributed by atoms with Gasteiger partial charge in [-0.25, -0.2) is 0 Å². The predicted octanol–water partition coefficient (Wildman–Crippen LogP) is 7.01. The molecule has 0 saturated heterocycles. The van der Waals surface area contributed by atoms with Gasteiger partial charge >= 0.3 is 0 Å². The van der Waals surface area contributed by atoms with Gasteiger partial charge in [0.2, 0.25) is 0 Å². The van der Waals surface area contributed by atoms with Crippen molar-refractivity contribution in [3.63, 3.8) is 0 Å². The molecule has 0 spiro atoms. The maximum absolute atomic E-state index is 10.7. The monoisotopic (exact) mass is 330 g/mol. The van der Waals surface area contributed by atoms with Crippen molar-refractivity contribution in [3.8, 4) is 0 Å². The normalized spacial score (nSPS) is 14.3. The van der Waals surface area contributed by atoms with Crippen LogP contribution < -0.4 is 0 Å². The molecule has 1 aromatic carbocycles. The Bertz CT molecular complexity index is 443. The first-order valence-corrected chi connectivity index (χ1v) is 9.79. The zero-order valence-corrected chi connectivity index (χ0v) is 16.2. The van der Waals surface area contributed by atoms with Crippen molar-refractivity contribution in [2.75, 3.05) is 0 Å². The first kappa shape index (κ1) is 21.0. The van der Waals surface area contributed by atoms with Crippen LogP contribution in [-0.4, -0.2) is 5.11 Å². The number of hydrogen-bond acceptors (Lipinski definition) is 1. The largest absolute Gasteiger partial charge is 0.381 e. The lowest BCUT2D eigenvalue weighted by Gasteiger charge is -2.25. The van der Waals surface area contributed by atoms with Gasteiger partial charge in [0.15, 0.2) is 0 Å². The minimum Gasteiger partial charge on any atom is -0.381 e. The van der Waals surface area contributed by atoms with Crippen LogP contribution in [0.5, 0.6) is 0 Å². The molecule has 0 aliphatic heterocycles. The number of rotatable bonds is 12. The average molecular weight is 331 g/mol. The van der Waals surface area contributed by atoms with Crippen LogP contribution in [0.15, 0.2) is 43.0 Å². The summed E-state index contributed by atoms with van der Waals surface area (Å²) < 4.78 is 0. The summed E-state index contributed by atoms with van der Waals surface area (Å²) in [6.07, 6.45) is 14.1. The van der Waals surface area contributed by atoms with E-state index in [1.807, 2.05) is 30.3 Å². The molecule has 1 atom stereocenters. The van der Waals surface area contributed by atoms with Crippen molar-refractivity contribution in [2.45, 2.75) is 90.6 Å². The third-order valence-corrected chi connectivity index (χ3v) is 4.85. The van der Waals surface area contributed by atoms with E-state index in [9.17, 15) is 5.11 Å². The van der Waals surface area contributed by atoms with Crippen molar-refractivity contribution >= 4 is 0 Å². The lowest BCUT2D eigenvalue weighted by atomic mass is 9.88. The average Bonchev–Trinajstić information content (AvgIpc) is 2.56. The fourth-order valence-electron chi connectivity index (χ4n) is 3.20. The highest BCUT2D eigenvalue weighted by molar-refractivity contribution is 5.26. The maximum Gasteiger partial charge on any atom is 0.107 e. The molecule has 24 heavy (non-hydrogen) atoms. The Morgan fingerprint density at radius 1 is 0.792 bits per heavy atom. The summed E-state index contributed by atoms with van der Waals surface area (Å²) in [6.45, 7) is 10.8. The third kappa shape index (κ3) is 8.68. The van der Waals surface area contributed by atoms with Crippen LogP contribution in [0.4, 0.5) is 0 Å². The highest BCUT2D eigenvalue weighted by Crippen LogP contribution is 2.28. The van der Waals surface area contributed by atoms with Gasteiger partial charge in [0, 0.05) is 0 Å². The van der Waals surface area contributed by atoms with Crippen LogP contribution in [-0.2, 0) is 5.60 Å². The quantitative estimate of drug-likeness (QED) is 0.323. The first-order valence-electron chi connectivity index (χ1n) is 9.79.